The van der Waals surface area contributed by atoms with Crippen LogP contribution < -0.4 is 0 Å². The molecule has 1 aliphatic carbocycles. The van der Waals surface area contributed by atoms with Gasteiger partial charge in [-0.2, -0.15) is 9.97 Å². The Morgan fingerprint density at radius 2 is 1.88 bits per heavy atom. The number of amides is 1. The van der Waals surface area contributed by atoms with E-state index in [4.69, 9.17) is 13.8 Å². The Balaban J connectivity index is 1.13. The molecule has 3 heterocycles. The summed E-state index contributed by atoms with van der Waals surface area (Å²) >= 11 is 0. The van der Waals surface area contributed by atoms with Crippen molar-refractivity contribution < 1.29 is 18.6 Å². The van der Waals surface area contributed by atoms with Gasteiger partial charge in [0.1, 0.15) is 6.61 Å². The minimum atomic E-state index is -0.140. The number of aryl methyl sites for hydroxylation is 2. The van der Waals surface area contributed by atoms with Gasteiger partial charge in [0.25, 0.3) is 5.89 Å². The summed E-state index contributed by atoms with van der Waals surface area (Å²) in [7, 11) is 0. The lowest BCUT2D eigenvalue weighted by Gasteiger charge is -2.33. The highest BCUT2D eigenvalue weighted by atomic mass is 16.5. The molecular weight excluding hydrogens is 434 g/mol. The molecule has 0 N–H and O–H groups in total. The molecule has 180 valence electrons. The summed E-state index contributed by atoms with van der Waals surface area (Å²) in [6.07, 6.45) is 6.98. The SMILES string of the molecule is Cc1ccc(-c2noc(CCCC(=O)N3CCCC[C@H]3c3noc(COCC4CC4)n3)n2)cc1. The first-order chi connectivity index (χ1) is 16.7. The van der Waals surface area contributed by atoms with Gasteiger partial charge in [0, 0.05) is 24.9 Å². The van der Waals surface area contributed by atoms with Gasteiger partial charge < -0.3 is 18.7 Å². The lowest BCUT2D eigenvalue weighted by molar-refractivity contribution is -0.135. The number of likely N-dealkylation sites (tertiary alicyclic amines) is 1. The summed E-state index contributed by atoms with van der Waals surface area (Å²) < 4.78 is 16.4. The Morgan fingerprint density at radius 3 is 2.71 bits per heavy atom. The zero-order valence-corrected chi connectivity index (χ0v) is 19.6. The van der Waals surface area contributed by atoms with Crippen LogP contribution >= 0.6 is 0 Å². The van der Waals surface area contributed by atoms with Gasteiger partial charge in [-0.25, -0.2) is 0 Å². The number of carbonyl (C=O) groups excluding carboxylic acids is 1. The molecule has 1 aliphatic heterocycles. The summed E-state index contributed by atoms with van der Waals surface area (Å²) in [5, 5.41) is 8.23. The van der Waals surface area contributed by atoms with E-state index in [9.17, 15) is 4.79 Å². The smallest absolute Gasteiger partial charge is 0.252 e. The molecule has 0 unspecified atom stereocenters. The Morgan fingerprint density at radius 1 is 1.06 bits per heavy atom. The molecule has 2 aromatic heterocycles. The number of piperidine rings is 1. The van der Waals surface area contributed by atoms with E-state index in [1.165, 1.54) is 18.4 Å². The fourth-order valence-corrected chi connectivity index (χ4v) is 4.27. The van der Waals surface area contributed by atoms with Crippen LogP contribution in [-0.2, 0) is 22.6 Å². The van der Waals surface area contributed by atoms with Crippen molar-refractivity contribution in [2.75, 3.05) is 13.2 Å². The number of rotatable bonds is 10. The molecule has 1 atom stereocenters. The van der Waals surface area contributed by atoms with Gasteiger partial charge in [-0.05, 0) is 51.4 Å². The van der Waals surface area contributed by atoms with Crippen molar-refractivity contribution in [3.8, 4) is 11.4 Å². The van der Waals surface area contributed by atoms with Gasteiger partial charge in [0.15, 0.2) is 5.82 Å². The van der Waals surface area contributed by atoms with Crippen LogP contribution in [0.25, 0.3) is 11.4 Å². The number of ether oxygens (including phenoxy) is 1. The average Bonchev–Trinajstić information content (AvgIpc) is 3.35. The second kappa shape index (κ2) is 10.5. The summed E-state index contributed by atoms with van der Waals surface area (Å²) in [6.45, 7) is 3.83. The van der Waals surface area contributed by atoms with Crippen molar-refractivity contribution >= 4 is 5.91 Å². The van der Waals surface area contributed by atoms with Crippen LogP contribution in [0.1, 0.15) is 74.2 Å². The Labute approximate surface area is 198 Å². The second-order valence-electron chi connectivity index (χ2n) is 9.33. The van der Waals surface area contributed by atoms with E-state index in [2.05, 4.69) is 20.3 Å². The molecule has 9 nitrogen and oxygen atoms in total. The quantitative estimate of drug-likeness (QED) is 0.433. The van der Waals surface area contributed by atoms with Crippen molar-refractivity contribution in [1.82, 2.24) is 25.2 Å². The van der Waals surface area contributed by atoms with E-state index in [-0.39, 0.29) is 11.9 Å². The summed E-state index contributed by atoms with van der Waals surface area (Å²) in [6, 6.07) is 7.86. The van der Waals surface area contributed by atoms with Crippen LogP contribution in [0.5, 0.6) is 0 Å². The van der Waals surface area contributed by atoms with Crippen molar-refractivity contribution in [3.05, 3.63) is 47.4 Å². The molecule has 0 spiro atoms. The maximum Gasteiger partial charge on any atom is 0.252 e. The average molecular weight is 466 g/mol. The number of aromatic nitrogens is 4. The minimum absolute atomic E-state index is 0.0966. The van der Waals surface area contributed by atoms with Gasteiger partial charge in [-0.3, -0.25) is 4.79 Å². The number of nitrogens with zero attached hydrogens (tertiary/aromatic N) is 5. The number of hydrogen-bond donors (Lipinski definition) is 0. The maximum atomic E-state index is 13.0. The molecule has 1 aromatic carbocycles. The van der Waals surface area contributed by atoms with E-state index in [1.807, 2.05) is 36.1 Å². The van der Waals surface area contributed by atoms with E-state index >= 15 is 0 Å². The fraction of sp³-hybridized carbons (Fsp3) is 0.560. The highest BCUT2D eigenvalue weighted by Crippen LogP contribution is 2.31. The molecule has 2 aliphatic rings. The first-order valence-electron chi connectivity index (χ1n) is 12.2. The van der Waals surface area contributed by atoms with Gasteiger partial charge in [0.05, 0.1) is 12.6 Å². The molecule has 0 radical (unpaired) electrons. The predicted molar refractivity (Wildman–Crippen MR) is 122 cm³/mol. The maximum absolute atomic E-state index is 13.0. The second-order valence-corrected chi connectivity index (χ2v) is 9.33. The molecular formula is C25H31N5O4. The molecule has 5 rings (SSSR count). The Bertz CT molecular complexity index is 1090. The van der Waals surface area contributed by atoms with Crippen LogP contribution in [0.15, 0.2) is 33.3 Å². The van der Waals surface area contributed by atoms with Gasteiger partial charge >= 0.3 is 0 Å². The summed E-state index contributed by atoms with van der Waals surface area (Å²) in [5.41, 5.74) is 2.10. The van der Waals surface area contributed by atoms with Gasteiger partial charge in [-0.1, -0.05) is 40.1 Å². The Kier molecular flexibility index (Phi) is 6.99. The monoisotopic (exact) mass is 465 g/mol. The summed E-state index contributed by atoms with van der Waals surface area (Å²) in [4.78, 5) is 23.9. The molecule has 0 bridgehead atoms. The van der Waals surface area contributed by atoms with Crippen molar-refractivity contribution in [3.63, 3.8) is 0 Å². The van der Waals surface area contributed by atoms with Gasteiger partial charge in [0.2, 0.25) is 17.6 Å². The molecule has 34 heavy (non-hydrogen) atoms. The molecule has 9 heteroatoms. The van der Waals surface area contributed by atoms with E-state index < -0.39 is 0 Å². The first kappa shape index (κ1) is 22.7. The molecule has 1 saturated heterocycles. The normalized spacial score (nSPS) is 18.4. The zero-order valence-electron chi connectivity index (χ0n) is 19.6. The third-order valence-electron chi connectivity index (χ3n) is 6.44. The predicted octanol–water partition coefficient (Wildman–Crippen LogP) is 4.43. The van der Waals surface area contributed by atoms with Gasteiger partial charge in [-0.15, -0.1) is 0 Å². The van der Waals surface area contributed by atoms with E-state index in [0.717, 1.165) is 31.4 Å². The standard InChI is InChI=1S/C25H31N5O4/c1-17-8-12-19(13-9-17)24-26-21(33-28-24)6-4-7-23(31)30-14-3-2-5-20(30)25-27-22(34-29-25)16-32-15-18-10-11-18/h8-9,12-13,18,20H,2-7,10-11,14-16H2,1H3/t20-/m0/s1. The third kappa shape index (κ3) is 5.70. The minimum Gasteiger partial charge on any atom is -0.371 e. The molecule has 1 saturated carbocycles. The van der Waals surface area contributed by atoms with Crippen LogP contribution in [0.2, 0.25) is 0 Å². The lowest BCUT2D eigenvalue weighted by atomic mass is 10.0. The number of hydrogen-bond acceptors (Lipinski definition) is 8. The van der Waals surface area contributed by atoms with E-state index in [1.54, 1.807) is 0 Å². The lowest BCUT2D eigenvalue weighted by Crippen LogP contribution is -2.39. The molecule has 3 aromatic rings. The highest BCUT2D eigenvalue weighted by molar-refractivity contribution is 5.76. The summed E-state index contributed by atoms with van der Waals surface area (Å²) in [5.74, 6) is 2.97. The number of carbonyl (C=O) groups is 1. The van der Waals surface area contributed by atoms with Crippen molar-refractivity contribution in [2.45, 2.75) is 70.9 Å². The van der Waals surface area contributed by atoms with Crippen LogP contribution in [-0.4, -0.2) is 44.2 Å². The topological polar surface area (TPSA) is 107 Å². The van der Waals surface area contributed by atoms with Crippen molar-refractivity contribution in [1.29, 1.82) is 0 Å². The van der Waals surface area contributed by atoms with Crippen LogP contribution in [0.4, 0.5) is 0 Å². The molecule has 1 amide bonds. The Hall–Kier alpha value is -3.07. The largest absolute Gasteiger partial charge is 0.371 e. The van der Waals surface area contributed by atoms with Crippen LogP contribution in [0.3, 0.4) is 0 Å². The van der Waals surface area contributed by atoms with Crippen molar-refractivity contribution in [2.24, 2.45) is 5.92 Å². The highest BCUT2D eigenvalue weighted by Gasteiger charge is 2.31. The molecule has 2 fully saturated rings. The zero-order chi connectivity index (χ0) is 23.3. The van der Waals surface area contributed by atoms with Crippen LogP contribution in [0, 0.1) is 12.8 Å². The fourth-order valence-electron chi connectivity index (χ4n) is 4.27. The third-order valence-corrected chi connectivity index (χ3v) is 6.44. The first-order valence-corrected chi connectivity index (χ1v) is 12.2. The van der Waals surface area contributed by atoms with E-state index in [0.29, 0.717) is 61.8 Å². The number of benzene rings is 1.